The van der Waals surface area contributed by atoms with E-state index in [2.05, 4.69) is 72.8 Å². The average Bonchev–Trinajstić information content (AvgIpc) is 3.67. The van der Waals surface area contributed by atoms with Crippen molar-refractivity contribution in [2.75, 3.05) is 25.2 Å². The zero-order chi connectivity index (χ0) is 32.3. The van der Waals surface area contributed by atoms with Gasteiger partial charge in [0.2, 0.25) is 5.91 Å². The number of ether oxygens (including phenoxy) is 2. The fourth-order valence-corrected chi connectivity index (χ4v) is 11.7. The molecule has 0 bridgehead atoms. The fraction of sp³-hybridized carbons (Fsp3) is 0.432. The Labute approximate surface area is 273 Å². The van der Waals surface area contributed by atoms with Gasteiger partial charge >= 0.3 is 0 Å². The first-order chi connectivity index (χ1) is 22.3. The zero-order valence-electron chi connectivity index (χ0n) is 27.4. The maximum Gasteiger partial charge on any atom is 0.228 e. The van der Waals surface area contributed by atoms with E-state index in [-0.39, 0.29) is 30.6 Å². The number of hydrogen-bond donors (Lipinski definition) is 1. The predicted octanol–water partition coefficient (Wildman–Crippen LogP) is 5.56. The molecule has 0 radical (unpaired) electrons. The van der Waals surface area contributed by atoms with Crippen molar-refractivity contribution >= 4 is 24.9 Å². The van der Waals surface area contributed by atoms with Gasteiger partial charge in [0, 0.05) is 31.4 Å². The number of β-lactam (4-membered cyclic amide) rings is 1. The van der Waals surface area contributed by atoms with Crippen LogP contribution in [0.4, 0.5) is 5.69 Å². The Morgan fingerprint density at radius 3 is 2.48 bits per heavy atom. The van der Waals surface area contributed by atoms with E-state index in [9.17, 15) is 9.90 Å². The minimum Gasteiger partial charge on any atom is -0.497 e. The third kappa shape index (κ3) is 6.68. The molecule has 46 heavy (non-hydrogen) atoms. The Hall–Kier alpha value is -3.79. The number of aryl methyl sites for hydroxylation is 2. The number of aliphatic hydroxyl groups is 1. The minimum atomic E-state index is -1.99. The summed E-state index contributed by atoms with van der Waals surface area (Å²) in [6.07, 6.45) is 5.51. The fourth-order valence-electron chi connectivity index (χ4n) is 7.59. The topological polar surface area (TPSA) is 89.7 Å². The largest absolute Gasteiger partial charge is 0.497 e. The van der Waals surface area contributed by atoms with Gasteiger partial charge in [-0.15, -0.1) is 5.10 Å². The summed E-state index contributed by atoms with van der Waals surface area (Å²) < 4.78 is 14.4. The van der Waals surface area contributed by atoms with Crippen molar-refractivity contribution in [3.05, 3.63) is 102 Å². The molecule has 2 saturated heterocycles. The van der Waals surface area contributed by atoms with Crippen molar-refractivity contribution in [3.8, 4) is 5.75 Å². The van der Waals surface area contributed by atoms with Gasteiger partial charge in [-0.05, 0) is 66.1 Å². The van der Waals surface area contributed by atoms with Gasteiger partial charge in [-0.3, -0.25) is 9.48 Å². The van der Waals surface area contributed by atoms with Gasteiger partial charge < -0.3 is 19.5 Å². The summed E-state index contributed by atoms with van der Waals surface area (Å²) in [5.41, 5.74) is 4.46. The van der Waals surface area contributed by atoms with Gasteiger partial charge in [-0.2, -0.15) is 0 Å². The molecule has 1 N–H and O–H groups in total. The molecular formula is C37H46N4O4Si. The van der Waals surface area contributed by atoms with Crippen LogP contribution in [0.3, 0.4) is 0 Å². The Morgan fingerprint density at radius 2 is 1.80 bits per heavy atom. The van der Waals surface area contributed by atoms with Crippen molar-refractivity contribution in [2.45, 2.75) is 75.9 Å². The average molecular weight is 639 g/mol. The second-order valence-corrected chi connectivity index (χ2v) is 18.1. The predicted molar refractivity (Wildman–Crippen MR) is 183 cm³/mol. The van der Waals surface area contributed by atoms with Crippen LogP contribution < -0.4 is 14.8 Å². The Bertz CT molecular complexity index is 1610. The third-order valence-electron chi connectivity index (χ3n) is 10.3. The van der Waals surface area contributed by atoms with Crippen LogP contribution in [-0.2, 0) is 22.5 Å². The number of aromatic nitrogens is 3. The van der Waals surface area contributed by atoms with Crippen LogP contribution in [0.2, 0.25) is 18.6 Å². The lowest BCUT2D eigenvalue weighted by Gasteiger charge is -2.36. The number of methoxy groups -OCH3 is 1. The molecule has 0 aliphatic carbocycles. The SMILES string of the molecule is COc1ccc([Si](C)(C)[C@H]2[C@H](C)[C@H](CCc3cccc(N4CCC4=O)c3)O[C@@H]2CCn2cc(C(CO)c3ccccc3)nn2)cc1. The number of anilines is 1. The number of nitrogens with zero attached hydrogens (tertiary/aromatic N) is 4. The molecular weight excluding hydrogens is 593 g/mol. The molecule has 3 aromatic carbocycles. The van der Waals surface area contributed by atoms with E-state index in [1.165, 1.54) is 10.8 Å². The van der Waals surface area contributed by atoms with Gasteiger partial charge in [0.05, 0.1) is 45.6 Å². The first-order valence-electron chi connectivity index (χ1n) is 16.5. The molecule has 0 saturated carbocycles. The van der Waals surface area contributed by atoms with E-state index in [0.717, 1.165) is 48.5 Å². The third-order valence-corrected chi connectivity index (χ3v) is 14.7. The molecule has 242 valence electrons. The minimum absolute atomic E-state index is 0.0192. The summed E-state index contributed by atoms with van der Waals surface area (Å²) in [5.74, 6) is 1.26. The number of aliphatic hydroxyl groups excluding tert-OH is 1. The van der Waals surface area contributed by atoms with Crippen LogP contribution in [0.5, 0.6) is 5.75 Å². The van der Waals surface area contributed by atoms with Crippen LogP contribution >= 0.6 is 0 Å². The molecule has 5 atom stereocenters. The standard InChI is InChI=1S/C37H46N4O4Si/c1-26-34(18-13-27-9-8-12-29(23-27)41-22-20-36(41)43)45-35(37(26)46(3,4)31-16-14-30(44-2)15-17-31)19-21-40-24-33(38-39-40)32(25-42)28-10-6-5-7-11-28/h5-12,14-17,23-24,26,32,34-35,37,42H,13,18-22,25H2,1-4H3/t26-,32?,34+,35-,37+/m1/s1. The van der Waals surface area contributed by atoms with Crippen molar-refractivity contribution in [2.24, 2.45) is 5.92 Å². The maximum absolute atomic E-state index is 12.0. The number of rotatable bonds is 13. The summed E-state index contributed by atoms with van der Waals surface area (Å²) in [6, 6.07) is 27.0. The Morgan fingerprint density at radius 1 is 1.02 bits per heavy atom. The number of amides is 1. The molecule has 1 aromatic heterocycles. The van der Waals surface area contributed by atoms with Gasteiger partial charge in [-0.25, -0.2) is 0 Å². The number of carbonyl (C=O) groups is 1. The maximum atomic E-state index is 12.0. The van der Waals surface area contributed by atoms with Crippen molar-refractivity contribution in [1.29, 1.82) is 0 Å². The summed E-state index contributed by atoms with van der Waals surface area (Å²) >= 11 is 0. The smallest absolute Gasteiger partial charge is 0.228 e. The summed E-state index contributed by atoms with van der Waals surface area (Å²) in [6.45, 7) is 8.80. The first-order valence-corrected chi connectivity index (χ1v) is 19.6. The highest BCUT2D eigenvalue weighted by Crippen LogP contribution is 2.46. The van der Waals surface area contributed by atoms with Gasteiger partial charge in [0.1, 0.15) is 5.75 Å². The first kappa shape index (κ1) is 32.2. The van der Waals surface area contributed by atoms with Crippen LogP contribution in [0.25, 0.3) is 0 Å². The zero-order valence-corrected chi connectivity index (χ0v) is 28.4. The lowest BCUT2D eigenvalue weighted by Crippen LogP contribution is -2.50. The molecule has 6 rings (SSSR count). The lowest BCUT2D eigenvalue weighted by atomic mass is 9.95. The van der Waals surface area contributed by atoms with E-state index in [4.69, 9.17) is 9.47 Å². The quantitative estimate of drug-likeness (QED) is 0.152. The molecule has 2 aliphatic heterocycles. The van der Waals surface area contributed by atoms with Crippen LogP contribution in [-0.4, -0.2) is 66.6 Å². The van der Waals surface area contributed by atoms with Crippen LogP contribution in [0.15, 0.2) is 85.1 Å². The van der Waals surface area contributed by atoms with E-state index >= 15 is 0 Å². The monoisotopic (exact) mass is 638 g/mol. The van der Waals surface area contributed by atoms with E-state index in [1.807, 2.05) is 52.2 Å². The van der Waals surface area contributed by atoms with Gasteiger partial charge in [0.15, 0.2) is 0 Å². The lowest BCUT2D eigenvalue weighted by molar-refractivity contribution is -0.122. The Balaban J connectivity index is 1.19. The van der Waals surface area contributed by atoms with E-state index in [0.29, 0.717) is 24.4 Å². The molecule has 1 unspecified atom stereocenters. The normalized spacial score (nSPS) is 22.1. The summed E-state index contributed by atoms with van der Waals surface area (Å²) in [7, 11) is -0.282. The summed E-state index contributed by atoms with van der Waals surface area (Å²) in [4.78, 5) is 13.9. The second kappa shape index (κ2) is 13.9. The van der Waals surface area contributed by atoms with Crippen LogP contribution in [0, 0.1) is 5.92 Å². The molecule has 8 nitrogen and oxygen atoms in total. The number of benzene rings is 3. The van der Waals surface area contributed by atoms with Gasteiger partial charge in [-0.1, -0.05) is 85.0 Å². The molecule has 2 fully saturated rings. The summed E-state index contributed by atoms with van der Waals surface area (Å²) in [5, 5.41) is 20.5. The van der Waals surface area contributed by atoms with Crippen molar-refractivity contribution < 1.29 is 19.4 Å². The van der Waals surface area contributed by atoms with E-state index < -0.39 is 8.07 Å². The van der Waals surface area contributed by atoms with E-state index in [1.54, 1.807) is 7.11 Å². The molecule has 3 heterocycles. The van der Waals surface area contributed by atoms with Crippen molar-refractivity contribution in [3.63, 3.8) is 0 Å². The van der Waals surface area contributed by atoms with Crippen molar-refractivity contribution in [1.82, 2.24) is 15.0 Å². The number of carbonyl (C=O) groups excluding carboxylic acids is 1. The number of hydrogen-bond acceptors (Lipinski definition) is 6. The van der Waals surface area contributed by atoms with Gasteiger partial charge in [0.25, 0.3) is 0 Å². The van der Waals surface area contributed by atoms with Crippen LogP contribution in [0.1, 0.15) is 48.9 Å². The molecule has 2 aliphatic rings. The molecule has 1 amide bonds. The highest BCUT2D eigenvalue weighted by Gasteiger charge is 2.50. The molecule has 4 aromatic rings. The second-order valence-electron chi connectivity index (χ2n) is 13.4. The molecule has 0 spiro atoms. The molecule has 9 heteroatoms. The Kier molecular flexibility index (Phi) is 9.72. The highest BCUT2D eigenvalue weighted by atomic mass is 28.3. The highest BCUT2D eigenvalue weighted by molar-refractivity contribution is 6.91.